The second kappa shape index (κ2) is 10.2. The molecule has 1 N–H and O–H groups in total. The smallest absolute Gasteiger partial charge is 0.304 e. The highest BCUT2D eigenvalue weighted by molar-refractivity contribution is 7.90. The third-order valence-electron chi connectivity index (χ3n) is 3.82. The predicted molar refractivity (Wildman–Crippen MR) is 105 cm³/mol. The molecule has 0 aliphatic rings. The van der Waals surface area contributed by atoms with Crippen LogP contribution >= 0.6 is 0 Å². The summed E-state index contributed by atoms with van der Waals surface area (Å²) in [6, 6.07) is 14.5. The van der Waals surface area contributed by atoms with Crippen molar-refractivity contribution in [2.75, 3.05) is 38.1 Å². The Labute approximate surface area is 164 Å². The lowest BCUT2D eigenvalue weighted by Gasteiger charge is -2.26. The van der Waals surface area contributed by atoms with Crippen molar-refractivity contribution in [3.05, 3.63) is 66.0 Å². The fourth-order valence-electron chi connectivity index (χ4n) is 2.32. The summed E-state index contributed by atoms with van der Waals surface area (Å²) < 4.78 is 45.6. The van der Waals surface area contributed by atoms with E-state index in [4.69, 9.17) is 4.74 Å². The first-order valence-electron chi connectivity index (χ1n) is 8.65. The highest BCUT2D eigenvalue weighted by atomic mass is 32.2. The lowest BCUT2D eigenvalue weighted by Crippen LogP contribution is -2.46. The summed E-state index contributed by atoms with van der Waals surface area (Å²) in [6.07, 6.45) is 0. The first-order chi connectivity index (χ1) is 13.3. The van der Waals surface area contributed by atoms with Gasteiger partial charge in [-0.3, -0.25) is 4.79 Å². The first kappa shape index (κ1) is 21.8. The highest BCUT2D eigenvalue weighted by Crippen LogP contribution is 2.19. The van der Waals surface area contributed by atoms with Crippen molar-refractivity contribution in [2.45, 2.75) is 6.61 Å². The minimum atomic E-state index is -3.92. The summed E-state index contributed by atoms with van der Waals surface area (Å²) in [6.45, 7) is 0.529. The van der Waals surface area contributed by atoms with Crippen LogP contribution in [-0.2, 0) is 26.3 Å². The van der Waals surface area contributed by atoms with Crippen molar-refractivity contribution < 1.29 is 22.3 Å². The fourth-order valence-corrected chi connectivity index (χ4v) is 3.39. The summed E-state index contributed by atoms with van der Waals surface area (Å²) in [7, 11) is -1.19. The van der Waals surface area contributed by atoms with E-state index in [1.165, 1.54) is 26.2 Å². The van der Waals surface area contributed by atoms with E-state index < -0.39 is 28.5 Å². The highest BCUT2D eigenvalue weighted by Gasteiger charge is 2.27. The number of amides is 1. The Kier molecular flexibility index (Phi) is 7.91. The van der Waals surface area contributed by atoms with E-state index in [-0.39, 0.29) is 18.8 Å². The molecule has 0 aliphatic carbocycles. The van der Waals surface area contributed by atoms with Crippen molar-refractivity contribution in [3.63, 3.8) is 0 Å². The molecule has 1 amide bonds. The average molecular weight is 409 g/mol. The second-order valence-corrected chi connectivity index (χ2v) is 8.23. The van der Waals surface area contributed by atoms with E-state index >= 15 is 0 Å². The van der Waals surface area contributed by atoms with Crippen LogP contribution in [0.1, 0.15) is 5.56 Å². The van der Waals surface area contributed by atoms with E-state index in [1.807, 2.05) is 30.3 Å². The molecule has 0 saturated heterocycles. The van der Waals surface area contributed by atoms with Crippen molar-refractivity contribution in [1.29, 1.82) is 0 Å². The van der Waals surface area contributed by atoms with Gasteiger partial charge in [-0.2, -0.15) is 12.7 Å². The number of carbonyl (C=O) groups excluding carboxylic acids is 1. The molecule has 0 bridgehead atoms. The van der Waals surface area contributed by atoms with Gasteiger partial charge in [0, 0.05) is 20.6 Å². The molecule has 0 spiro atoms. The number of benzene rings is 2. The first-order valence-corrected chi connectivity index (χ1v) is 10.0. The maximum Gasteiger partial charge on any atom is 0.304 e. The Morgan fingerprint density at radius 2 is 1.71 bits per heavy atom. The molecule has 0 heterocycles. The van der Waals surface area contributed by atoms with Crippen LogP contribution in [0.4, 0.5) is 10.1 Å². The van der Waals surface area contributed by atoms with Crippen LogP contribution < -0.4 is 9.62 Å². The van der Waals surface area contributed by atoms with Crippen molar-refractivity contribution in [2.24, 2.45) is 0 Å². The summed E-state index contributed by atoms with van der Waals surface area (Å²) >= 11 is 0. The van der Waals surface area contributed by atoms with Crippen LogP contribution in [-0.4, -0.2) is 52.4 Å². The lowest BCUT2D eigenvalue weighted by molar-refractivity contribution is -0.119. The number of rotatable bonds is 10. The monoisotopic (exact) mass is 409 g/mol. The van der Waals surface area contributed by atoms with Crippen LogP contribution in [0, 0.1) is 5.82 Å². The van der Waals surface area contributed by atoms with Crippen molar-refractivity contribution in [1.82, 2.24) is 9.62 Å². The third-order valence-corrected chi connectivity index (χ3v) is 5.64. The second-order valence-electron chi connectivity index (χ2n) is 6.16. The van der Waals surface area contributed by atoms with Crippen LogP contribution in [0.15, 0.2) is 54.6 Å². The van der Waals surface area contributed by atoms with E-state index in [9.17, 15) is 17.6 Å². The van der Waals surface area contributed by atoms with Gasteiger partial charge in [-0.25, -0.2) is 8.70 Å². The molecule has 152 valence electrons. The zero-order chi connectivity index (χ0) is 20.6. The van der Waals surface area contributed by atoms with Gasteiger partial charge in [0.1, 0.15) is 12.4 Å². The number of hydrogen-bond donors (Lipinski definition) is 1. The van der Waals surface area contributed by atoms with Crippen LogP contribution in [0.3, 0.4) is 0 Å². The molecule has 9 heteroatoms. The van der Waals surface area contributed by atoms with E-state index in [2.05, 4.69) is 5.32 Å². The van der Waals surface area contributed by atoms with Gasteiger partial charge in [-0.15, -0.1) is 0 Å². The van der Waals surface area contributed by atoms with Crippen LogP contribution in [0.25, 0.3) is 0 Å². The zero-order valence-corrected chi connectivity index (χ0v) is 16.7. The summed E-state index contributed by atoms with van der Waals surface area (Å²) in [5.74, 6) is -0.982. The Morgan fingerprint density at radius 3 is 2.32 bits per heavy atom. The molecule has 0 aromatic heterocycles. The summed E-state index contributed by atoms with van der Waals surface area (Å²) in [5.41, 5.74) is 1.22. The molecule has 0 atom stereocenters. The maximum atomic E-state index is 13.2. The third kappa shape index (κ3) is 6.29. The van der Waals surface area contributed by atoms with Crippen molar-refractivity contribution >= 4 is 21.8 Å². The normalized spacial score (nSPS) is 11.4. The average Bonchev–Trinajstić information content (AvgIpc) is 2.67. The number of halogens is 1. The molecule has 2 aromatic rings. The summed E-state index contributed by atoms with van der Waals surface area (Å²) in [5, 5.41) is 2.63. The minimum absolute atomic E-state index is 0.200. The van der Waals surface area contributed by atoms with E-state index in [1.54, 1.807) is 0 Å². The largest absolute Gasteiger partial charge is 0.375 e. The SMILES string of the molecule is CN(C)S(=O)(=O)N(CC(=O)NCCOCc1ccccc1)c1ccc(F)cc1. The Morgan fingerprint density at radius 1 is 1.07 bits per heavy atom. The standard InChI is InChI=1S/C19H24FN3O4S/c1-22(2)28(25,26)23(18-10-8-17(20)9-11-18)14-19(24)21-12-13-27-15-16-6-4-3-5-7-16/h3-11H,12-15H2,1-2H3,(H,21,24). The van der Waals surface area contributed by atoms with Gasteiger partial charge in [0.15, 0.2) is 0 Å². The quantitative estimate of drug-likeness (QED) is 0.607. The number of carbonyl (C=O) groups is 1. The maximum absolute atomic E-state index is 13.2. The van der Waals surface area contributed by atoms with Gasteiger partial charge in [0.05, 0.1) is 18.9 Å². The van der Waals surface area contributed by atoms with Crippen LogP contribution in [0.5, 0.6) is 0 Å². The molecule has 0 saturated carbocycles. The molecular weight excluding hydrogens is 385 g/mol. The zero-order valence-electron chi connectivity index (χ0n) is 15.8. The topological polar surface area (TPSA) is 79.0 Å². The van der Waals surface area contributed by atoms with Crippen molar-refractivity contribution in [3.8, 4) is 0 Å². The lowest BCUT2D eigenvalue weighted by atomic mass is 10.2. The number of anilines is 1. The Bertz CT molecular complexity index is 859. The van der Waals surface area contributed by atoms with Gasteiger partial charge in [0.25, 0.3) is 0 Å². The van der Waals surface area contributed by atoms with E-state index in [0.29, 0.717) is 6.61 Å². The Hall–Kier alpha value is -2.49. The fraction of sp³-hybridized carbons (Fsp3) is 0.316. The molecule has 0 radical (unpaired) electrons. The number of nitrogens with zero attached hydrogens (tertiary/aromatic N) is 2. The molecule has 2 aromatic carbocycles. The Balaban J connectivity index is 1.90. The van der Waals surface area contributed by atoms with Crippen LogP contribution in [0.2, 0.25) is 0 Å². The van der Waals surface area contributed by atoms with Gasteiger partial charge < -0.3 is 10.1 Å². The van der Waals surface area contributed by atoms with Gasteiger partial charge >= 0.3 is 10.2 Å². The molecule has 0 unspecified atom stereocenters. The van der Waals surface area contributed by atoms with Gasteiger partial charge in [0.2, 0.25) is 5.91 Å². The van der Waals surface area contributed by atoms with E-state index in [0.717, 1.165) is 26.3 Å². The number of hydrogen-bond acceptors (Lipinski definition) is 4. The molecule has 0 aliphatic heterocycles. The molecule has 7 nitrogen and oxygen atoms in total. The number of nitrogens with one attached hydrogen (secondary N) is 1. The molecule has 0 fully saturated rings. The summed E-state index contributed by atoms with van der Waals surface area (Å²) in [4.78, 5) is 12.2. The molecular formula is C19H24FN3O4S. The van der Waals surface area contributed by atoms with Gasteiger partial charge in [-0.05, 0) is 29.8 Å². The molecule has 2 rings (SSSR count). The molecule has 28 heavy (non-hydrogen) atoms. The predicted octanol–water partition coefficient (Wildman–Crippen LogP) is 1.77. The van der Waals surface area contributed by atoms with Gasteiger partial charge in [-0.1, -0.05) is 30.3 Å². The minimum Gasteiger partial charge on any atom is -0.375 e. The number of ether oxygens (including phenoxy) is 1.